The second-order valence-corrected chi connectivity index (χ2v) is 9.81. The molecule has 3 heterocycles. The summed E-state index contributed by atoms with van der Waals surface area (Å²) in [7, 11) is 0. The molecule has 2 atom stereocenters. The number of nitrogens with zero attached hydrogens (tertiary/aromatic N) is 4. The van der Waals surface area contributed by atoms with Crippen molar-refractivity contribution in [2.75, 3.05) is 10.6 Å². The number of rotatable bonds is 9. The van der Waals surface area contributed by atoms with Crippen molar-refractivity contribution in [2.24, 2.45) is 5.92 Å². The van der Waals surface area contributed by atoms with Crippen molar-refractivity contribution in [3.63, 3.8) is 0 Å². The largest absolute Gasteiger partial charge is 0.435 e. The van der Waals surface area contributed by atoms with Crippen LogP contribution in [0, 0.1) is 5.92 Å². The van der Waals surface area contributed by atoms with E-state index in [1.807, 2.05) is 16.7 Å². The second-order valence-electron chi connectivity index (χ2n) is 9.38. The Balaban J connectivity index is 1.08. The molecule has 1 aromatic carbocycles. The topological polar surface area (TPSA) is 93.4 Å². The number of carbonyl (C=O) groups is 1. The summed E-state index contributed by atoms with van der Waals surface area (Å²) < 4.78 is 32.2. The number of aromatic nitrogens is 4. The van der Waals surface area contributed by atoms with Crippen LogP contribution >= 0.6 is 11.6 Å². The van der Waals surface area contributed by atoms with Crippen molar-refractivity contribution in [3.05, 3.63) is 77.0 Å². The molecule has 4 aromatic rings. The quantitative estimate of drug-likeness (QED) is 0.295. The summed E-state index contributed by atoms with van der Waals surface area (Å²) in [5, 5.41) is 6.40. The van der Waals surface area contributed by atoms with Gasteiger partial charge >= 0.3 is 6.61 Å². The molecule has 3 aromatic heterocycles. The van der Waals surface area contributed by atoms with Crippen molar-refractivity contribution in [3.8, 4) is 5.75 Å². The standard InChI is InChI=1S/C26H23ClF2N6O2/c27-16-4-5-21(37-26(28)29)19(7-16)18-8-20(18)25(36)34-23-9-22(31-13-32-23)30-10-17-12-35-11-15(14-1-2-14)3-6-24(35)33-17/h3-7,9,11-14,18,20,26H,1-2,8,10H2,(H2,30,31,32,34,36). The van der Waals surface area contributed by atoms with Gasteiger partial charge in [0, 0.05) is 29.4 Å². The van der Waals surface area contributed by atoms with Gasteiger partial charge in [-0.05, 0) is 66.5 Å². The van der Waals surface area contributed by atoms with Crippen molar-refractivity contribution in [1.82, 2.24) is 19.4 Å². The predicted octanol–water partition coefficient (Wildman–Crippen LogP) is 5.61. The monoisotopic (exact) mass is 524 g/mol. The smallest absolute Gasteiger partial charge is 0.387 e. The zero-order valence-corrected chi connectivity index (χ0v) is 20.3. The van der Waals surface area contributed by atoms with E-state index in [0.29, 0.717) is 41.1 Å². The third-order valence-corrected chi connectivity index (χ3v) is 6.89. The molecule has 2 N–H and O–H groups in total. The van der Waals surface area contributed by atoms with E-state index >= 15 is 0 Å². The van der Waals surface area contributed by atoms with Crippen molar-refractivity contribution < 1.29 is 18.3 Å². The highest BCUT2D eigenvalue weighted by atomic mass is 35.5. The fourth-order valence-corrected chi connectivity index (χ4v) is 4.75. The molecule has 0 saturated heterocycles. The van der Waals surface area contributed by atoms with Crippen LogP contribution in [0.15, 0.2) is 55.1 Å². The Labute approximate surface area is 216 Å². The van der Waals surface area contributed by atoms with E-state index in [1.54, 1.807) is 12.1 Å². The summed E-state index contributed by atoms with van der Waals surface area (Å²) in [5.74, 6) is 0.662. The lowest BCUT2D eigenvalue weighted by Gasteiger charge is -2.11. The number of halogens is 3. The van der Waals surface area contributed by atoms with E-state index in [4.69, 9.17) is 11.6 Å². The zero-order chi connectivity index (χ0) is 25.5. The molecule has 2 aliphatic carbocycles. The van der Waals surface area contributed by atoms with E-state index in [0.717, 1.165) is 11.3 Å². The van der Waals surface area contributed by atoms with Crippen LogP contribution in [0.25, 0.3) is 5.65 Å². The Kier molecular flexibility index (Phi) is 6.11. The molecule has 11 heteroatoms. The highest BCUT2D eigenvalue weighted by Gasteiger charge is 2.45. The van der Waals surface area contributed by atoms with Crippen LogP contribution < -0.4 is 15.4 Å². The highest BCUT2D eigenvalue weighted by molar-refractivity contribution is 6.30. The van der Waals surface area contributed by atoms with Crippen LogP contribution in [0.1, 0.15) is 47.9 Å². The number of benzene rings is 1. The zero-order valence-electron chi connectivity index (χ0n) is 19.6. The van der Waals surface area contributed by atoms with Gasteiger partial charge in [-0.2, -0.15) is 8.78 Å². The van der Waals surface area contributed by atoms with Gasteiger partial charge in [0.2, 0.25) is 5.91 Å². The summed E-state index contributed by atoms with van der Waals surface area (Å²) >= 11 is 6.05. The van der Waals surface area contributed by atoms with Gasteiger partial charge in [0.25, 0.3) is 0 Å². The summed E-state index contributed by atoms with van der Waals surface area (Å²) in [5.41, 5.74) is 3.58. The van der Waals surface area contributed by atoms with Crippen LogP contribution in [0.5, 0.6) is 5.75 Å². The van der Waals surface area contributed by atoms with Gasteiger partial charge in [-0.3, -0.25) is 4.79 Å². The summed E-state index contributed by atoms with van der Waals surface area (Å²) in [6.07, 6.45) is 8.48. The molecular weight excluding hydrogens is 502 g/mol. The van der Waals surface area contributed by atoms with Crippen LogP contribution in [-0.4, -0.2) is 31.9 Å². The van der Waals surface area contributed by atoms with E-state index in [1.165, 1.54) is 36.9 Å². The van der Waals surface area contributed by atoms with Crippen molar-refractivity contribution in [2.45, 2.75) is 44.3 Å². The van der Waals surface area contributed by atoms with E-state index in [2.05, 4.69) is 42.6 Å². The molecule has 0 radical (unpaired) electrons. The molecule has 0 bridgehead atoms. The third kappa shape index (κ3) is 5.34. The summed E-state index contributed by atoms with van der Waals surface area (Å²) in [6, 6.07) is 10.3. The fraction of sp³-hybridized carbons (Fsp3) is 0.308. The third-order valence-electron chi connectivity index (χ3n) is 6.66. The number of fused-ring (bicyclic) bond motifs is 1. The molecule has 0 spiro atoms. The maximum Gasteiger partial charge on any atom is 0.387 e. The number of hydrogen-bond acceptors (Lipinski definition) is 6. The number of nitrogens with one attached hydrogen (secondary N) is 2. The number of anilines is 2. The minimum Gasteiger partial charge on any atom is -0.435 e. The van der Waals surface area contributed by atoms with E-state index < -0.39 is 12.5 Å². The number of pyridine rings is 1. The Bertz CT molecular complexity index is 1470. The van der Waals surface area contributed by atoms with Crippen LogP contribution in [0.3, 0.4) is 0 Å². The summed E-state index contributed by atoms with van der Waals surface area (Å²) in [4.78, 5) is 25.8. The molecule has 6 rings (SSSR count). The molecule has 37 heavy (non-hydrogen) atoms. The minimum absolute atomic E-state index is 0.0314. The summed E-state index contributed by atoms with van der Waals surface area (Å²) in [6.45, 7) is -2.50. The first-order valence-electron chi connectivity index (χ1n) is 12.0. The average Bonchev–Trinajstić information content (AvgIpc) is 3.80. The number of alkyl halides is 2. The molecule has 2 fully saturated rings. The molecule has 8 nitrogen and oxygen atoms in total. The normalized spacial score (nSPS) is 18.7. The van der Waals surface area contributed by atoms with Gasteiger partial charge in [0.05, 0.1) is 12.2 Å². The molecule has 0 aliphatic heterocycles. The number of carbonyl (C=O) groups excluding carboxylic acids is 1. The Morgan fingerprint density at radius 3 is 2.78 bits per heavy atom. The number of imidazole rings is 1. The first kappa shape index (κ1) is 23.6. The lowest BCUT2D eigenvalue weighted by atomic mass is 10.1. The number of hydrogen-bond donors (Lipinski definition) is 2. The predicted molar refractivity (Wildman–Crippen MR) is 134 cm³/mol. The first-order valence-corrected chi connectivity index (χ1v) is 12.4. The molecule has 2 aliphatic rings. The lowest BCUT2D eigenvalue weighted by molar-refractivity contribution is -0.117. The maximum atomic E-state index is 12.8. The van der Waals surface area contributed by atoms with Crippen molar-refractivity contribution in [1.29, 1.82) is 0 Å². The fourth-order valence-electron chi connectivity index (χ4n) is 4.57. The minimum atomic E-state index is -2.96. The Morgan fingerprint density at radius 1 is 1.14 bits per heavy atom. The van der Waals surface area contributed by atoms with Gasteiger partial charge in [0.15, 0.2) is 0 Å². The molecule has 2 unspecified atom stereocenters. The maximum absolute atomic E-state index is 12.8. The van der Waals surface area contributed by atoms with Crippen LogP contribution in [-0.2, 0) is 11.3 Å². The molecular formula is C26H23ClF2N6O2. The van der Waals surface area contributed by atoms with Crippen LogP contribution in [0.4, 0.5) is 20.4 Å². The second kappa shape index (κ2) is 9.59. The number of ether oxygens (including phenoxy) is 1. The van der Waals surface area contributed by atoms with Gasteiger partial charge in [-0.15, -0.1) is 0 Å². The number of amides is 1. The van der Waals surface area contributed by atoms with E-state index in [-0.39, 0.29) is 17.6 Å². The van der Waals surface area contributed by atoms with E-state index in [9.17, 15) is 13.6 Å². The molecule has 1 amide bonds. The lowest BCUT2D eigenvalue weighted by Crippen LogP contribution is -2.16. The molecule has 190 valence electrons. The van der Waals surface area contributed by atoms with Gasteiger partial charge in [-0.25, -0.2) is 15.0 Å². The SMILES string of the molecule is O=C(Nc1cc(NCc2cn3cc(C4CC4)ccc3n2)ncn1)C1CC1c1cc(Cl)ccc1OC(F)F. The Morgan fingerprint density at radius 2 is 1.97 bits per heavy atom. The van der Waals surface area contributed by atoms with Crippen LogP contribution in [0.2, 0.25) is 5.02 Å². The average molecular weight is 525 g/mol. The van der Waals surface area contributed by atoms with Gasteiger partial charge < -0.3 is 19.8 Å². The Hall–Kier alpha value is -3.79. The molecule has 2 saturated carbocycles. The van der Waals surface area contributed by atoms with Gasteiger partial charge in [-0.1, -0.05) is 17.7 Å². The van der Waals surface area contributed by atoms with Gasteiger partial charge in [0.1, 0.15) is 29.4 Å². The van der Waals surface area contributed by atoms with Crippen molar-refractivity contribution >= 4 is 34.8 Å². The first-order chi connectivity index (χ1) is 17.9. The highest BCUT2D eigenvalue weighted by Crippen LogP contribution is 2.51.